The fourth-order valence-corrected chi connectivity index (χ4v) is 1.64. The number of H-pyrrole nitrogens is 1. The van der Waals surface area contributed by atoms with Crippen LogP contribution in [0.5, 0.6) is 0 Å². The highest BCUT2D eigenvalue weighted by Crippen LogP contribution is 2.15. The number of nitrogens with one attached hydrogen (secondary N) is 1. The Bertz CT molecular complexity index is 575. The van der Waals surface area contributed by atoms with Crippen molar-refractivity contribution in [2.75, 3.05) is 0 Å². The first-order valence-corrected chi connectivity index (χ1v) is 4.14. The molecule has 3 heterocycles. The van der Waals surface area contributed by atoms with Crippen molar-refractivity contribution in [2.24, 2.45) is 0 Å². The topological polar surface area (TPSA) is 46.0 Å². The Kier molecular flexibility index (Phi) is 1.07. The lowest BCUT2D eigenvalue weighted by Gasteiger charge is -1.96. The Morgan fingerprint density at radius 3 is 3.08 bits per heavy atom. The minimum absolute atomic E-state index is 0.893. The molecule has 0 saturated carbocycles. The lowest BCUT2D eigenvalue weighted by molar-refractivity contribution is 1.02. The van der Waals surface area contributed by atoms with Gasteiger partial charge in [-0.1, -0.05) is 0 Å². The van der Waals surface area contributed by atoms with E-state index in [4.69, 9.17) is 0 Å². The number of nitrogens with zero attached hydrogens (tertiary/aromatic N) is 3. The summed E-state index contributed by atoms with van der Waals surface area (Å²) in [6, 6.07) is 6.00. The van der Waals surface area contributed by atoms with E-state index in [2.05, 4.69) is 15.2 Å². The predicted octanol–water partition coefficient (Wildman–Crippen LogP) is 1.52. The molecule has 13 heavy (non-hydrogen) atoms. The van der Waals surface area contributed by atoms with Gasteiger partial charge in [-0.15, -0.1) is 10.2 Å². The number of aromatic amines is 1. The maximum absolute atomic E-state index is 4.05. The molecule has 0 fully saturated rings. The van der Waals surface area contributed by atoms with Gasteiger partial charge in [-0.25, -0.2) is 0 Å². The third kappa shape index (κ3) is 0.744. The van der Waals surface area contributed by atoms with Gasteiger partial charge in [0.1, 0.15) is 5.82 Å². The zero-order valence-corrected chi connectivity index (χ0v) is 7.15. The van der Waals surface area contributed by atoms with E-state index in [-0.39, 0.29) is 0 Å². The molecule has 0 saturated heterocycles. The zero-order chi connectivity index (χ0) is 8.84. The zero-order valence-electron chi connectivity index (χ0n) is 7.15. The van der Waals surface area contributed by atoms with Crippen molar-refractivity contribution in [3.8, 4) is 0 Å². The molecular formula is C9H8N4. The Labute approximate surface area is 74.2 Å². The Balaban J connectivity index is 2.70. The van der Waals surface area contributed by atoms with Crippen LogP contribution in [-0.2, 0) is 0 Å². The first kappa shape index (κ1) is 6.65. The van der Waals surface area contributed by atoms with Gasteiger partial charge in [-0.05, 0) is 25.1 Å². The largest absolute Gasteiger partial charge is 0.360 e. The average Bonchev–Trinajstić information content (AvgIpc) is 2.70. The Morgan fingerprint density at radius 2 is 2.15 bits per heavy atom. The van der Waals surface area contributed by atoms with Gasteiger partial charge in [0.2, 0.25) is 0 Å². The summed E-state index contributed by atoms with van der Waals surface area (Å²) in [6.07, 6.45) is 1.92. The van der Waals surface area contributed by atoms with Crippen LogP contribution in [-0.4, -0.2) is 19.6 Å². The van der Waals surface area contributed by atoms with E-state index in [1.165, 1.54) is 0 Å². The summed E-state index contributed by atoms with van der Waals surface area (Å²) in [6.45, 7) is 1.95. The minimum Gasteiger partial charge on any atom is -0.360 e. The van der Waals surface area contributed by atoms with Gasteiger partial charge in [-0.2, -0.15) is 0 Å². The fourth-order valence-electron chi connectivity index (χ4n) is 1.64. The molecule has 4 nitrogen and oxygen atoms in total. The van der Waals surface area contributed by atoms with E-state index < -0.39 is 0 Å². The van der Waals surface area contributed by atoms with Gasteiger partial charge in [0.15, 0.2) is 5.65 Å². The predicted molar refractivity (Wildman–Crippen MR) is 49.6 cm³/mol. The summed E-state index contributed by atoms with van der Waals surface area (Å²) in [5.41, 5.74) is 3.12. The second-order valence-corrected chi connectivity index (χ2v) is 3.05. The third-order valence-corrected chi connectivity index (χ3v) is 2.25. The molecule has 3 aromatic heterocycles. The van der Waals surface area contributed by atoms with Crippen molar-refractivity contribution >= 4 is 16.7 Å². The van der Waals surface area contributed by atoms with Crippen molar-refractivity contribution < 1.29 is 0 Å². The maximum Gasteiger partial charge on any atom is 0.161 e. The second-order valence-electron chi connectivity index (χ2n) is 3.05. The summed E-state index contributed by atoms with van der Waals surface area (Å²) in [4.78, 5) is 3.15. The number of hydrogen-bond donors (Lipinski definition) is 1. The van der Waals surface area contributed by atoms with E-state index in [1.54, 1.807) is 0 Å². The smallest absolute Gasteiger partial charge is 0.161 e. The van der Waals surface area contributed by atoms with Crippen molar-refractivity contribution in [1.82, 2.24) is 19.6 Å². The van der Waals surface area contributed by atoms with Crippen LogP contribution in [0.3, 0.4) is 0 Å². The van der Waals surface area contributed by atoms with E-state index >= 15 is 0 Å². The first-order chi connectivity index (χ1) is 6.36. The van der Waals surface area contributed by atoms with Crippen LogP contribution in [0.1, 0.15) is 5.82 Å². The van der Waals surface area contributed by atoms with Gasteiger partial charge >= 0.3 is 0 Å². The molecule has 0 bridgehead atoms. The molecule has 0 spiro atoms. The number of rotatable bonds is 0. The highest BCUT2D eigenvalue weighted by Gasteiger charge is 2.04. The third-order valence-electron chi connectivity index (χ3n) is 2.25. The molecule has 0 atom stereocenters. The lowest BCUT2D eigenvalue weighted by atomic mass is 10.3. The summed E-state index contributed by atoms with van der Waals surface area (Å²) in [5, 5.41) is 8.07. The number of aromatic nitrogens is 4. The standard InChI is InChI=1S/C9H8N4/c1-6-11-12-9-3-2-7-8(13(6)9)4-5-10-7/h2-5,10H,1H3. The number of pyridine rings is 1. The monoisotopic (exact) mass is 172 g/mol. The average molecular weight is 172 g/mol. The summed E-state index contributed by atoms with van der Waals surface area (Å²) >= 11 is 0. The van der Waals surface area contributed by atoms with Gasteiger partial charge in [0.25, 0.3) is 0 Å². The summed E-state index contributed by atoms with van der Waals surface area (Å²) in [7, 11) is 0. The van der Waals surface area contributed by atoms with Crippen LogP contribution in [0.2, 0.25) is 0 Å². The van der Waals surface area contributed by atoms with Crippen LogP contribution >= 0.6 is 0 Å². The van der Waals surface area contributed by atoms with Crippen molar-refractivity contribution in [1.29, 1.82) is 0 Å². The van der Waals surface area contributed by atoms with Gasteiger partial charge < -0.3 is 4.98 Å². The molecule has 0 aromatic carbocycles. The molecule has 3 aromatic rings. The fraction of sp³-hybridized carbons (Fsp3) is 0.111. The molecule has 0 amide bonds. The normalized spacial score (nSPS) is 11.5. The molecule has 0 aliphatic heterocycles. The molecule has 0 unspecified atom stereocenters. The lowest BCUT2D eigenvalue weighted by Crippen LogP contribution is -1.88. The highest BCUT2D eigenvalue weighted by atomic mass is 15.2. The van der Waals surface area contributed by atoms with E-state index in [0.717, 1.165) is 22.5 Å². The summed E-state index contributed by atoms with van der Waals surface area (Å²) < 4.78 is 2.03. The molecule has 0 radical (unpaired) electrons. The molecule has 0 aliphatic rings. The van der Waals surface area contributed by atoms with Gasteiger partial charge in [0.05, 0.1) is 11.0 Å². The van der Waals surface area contributed by atoms with E-state index in [9.17, 15) is 0 Å². The highest BCUT2D eigenvalue weighted by molar-refractivity contribution is 5.78. The number of aryl methyl sites for hydroxylation is 1. The molecule has 1 N–H and O–H groups in total. The van der Waals surface area contributed by atoms with Crippen LogP contribution < -0.4 is 0 Å². The minimum atomic E-state index is 0.893. The van der Waals surface area contributed by atoms with Gasteiger partial charge in [0, 0.05) is 6.20 Å². The maximum atomic E-state index is 4.05. The van der Waals surface area contributed by atoms with Crippen molar-refractivity contribution in [3.63, 3.8) is 0 Å². The SMILES string of the molecule is Cc1nnc2ccc3[nH]ccc3n12. The number of hydrogen-bond acceptors (Lipinski definition) is 2. The van der Waals surface area contributed by atoms with Crippen LogP contribution in [0, 0.1) is 6.92 Å². The van der Waals surface area contributed by atoms with Crippen molar-refractivity contribution in [2.45, 2.75) is 6.92 Å². The molecule has 4 heteroatoms. The van der Waals surface area contributed by atoms with Crippen LogP contribution in [0.4, 0.5) is 0 Å². The van der Waals surface area contributed by atoms with Crippen LogP contribution in [0.25, 0.3) is 16.7 Å². The van der Waals surface area contributed by atoms with E-state index in [0.29, 0.717) is 0 Å². The summed E-state index contributed by atoms with van der Waals surface area (Å²) in [5.74, 6) is 0.917. The molecule has 0 aliphatic carbocycles. The van der Waals surface area contributed by atoms with E-state index in [1.807, 2.05) is 35.7 Å². The quantitative estimate of drug-likeness (QED) is 0.558. The molecular weight excluding hydrogens is 164 g/mol. The first-order valence-electron chi connectivity index (χ1n) is 4.14. The Hall–Kier alpha value is -1.84. The Morgan fingerprint density at radius 1 is 1.23 bits per heavy atom. The number of fused-ring (bicyclic) bond motifs is 3. The van der Waals surface area contributed by atoms with Crippen molar-refractivity contribution in [3.05, 3.63) is 30.2 Å². The molecule has 3 rings (SSSR count). The second kappa shape index (κ2) is 2.10. The van der Waals surface area contributed by atoms with Crippen LogP contribution in [0.15, 0.2) is 24.4 Å². The van der Waals surface area contributed by atoms with Gasteiger partial charge in [-0.3, -0.25) is 4.40 Å². The molecule has 64 valence electrons.